The predicted octanol–water partition coefficient (Wildman–Crippen LogP) is -0.855. The topological polar surface area (TPSA) is 115 Å². The molecule has 1 rings (SSSR count). The molecule has 13 heavy (non-hydrogen) atoms. The summed E-state index contributed by atoms with van der Waals surface area (Å²) in [5, 5.41) is 0. The van der Waals surface area contributed by atoms with E-state index < -0.39 is 15.9 Å². The van der Waals surface area contributed by atoms with Gasteiger partial charge < -0.3 is 10.2 Å². The minimum atomic E-state index is -3.43. The van der Waals surface area contributed by atoms with Crippen LogP contribution in [0.1, 0.15) is 10.7 Å². The highest BCUT2D eigenvalue weighted by Gasteiger charge is 2.11. The number of carbonyl (C=O) groups excluding carboxylic acids is 1. The largest absolute Gasteiger partial charge is 0.415 e. The molecule has 0 unspecified atom stereocenters. The Morgan fingerprint density at radius 3 is 2.69 bits per heavy atom. The van der Waals surface area contributed by atoms with Crippen LogP contribution in [0.3, 0.4) is 0 Å². The molecule has 1 aromatic heterocycles. The quantitative estimate of drug-likeness (QED) is 0.666. The van der Waals surface area contributed by atoms with Crippen LogP contribution in [0.4, 0.5) is 5.88 Å². The zero-order valence-electron chi connectivity index (χ0n) is 6.64. The number of nitrogens with two attached hydrogens (primary N) is 1. The lowest BCUT2D eigenvalue weighted by Gasteiger charge is -1.95. The number of primary amides is 1. The Hall–Kier alpha value is -1.57. The number of sulfonamides is 1. The van der Waals surface area contributed by atoms with Crippen molar-refractivity contribution >= 4 is 21.8 Å². The third kappa shape index (κ3) is 2.75. The first-order chi connectivity index (χ1) is 5.88. The molecule has 1 heterocycles. The maximum absolute atomic E-state index is 10.7. The molecule has 0 bridgehead atoms. The molecular formula is C5H7N3O4S. The first kappa shape index (κ1) is 9.52. The van der Waals surface area contributed by atoms with Gasteiger partial charge in [-0.2, -0.15) is 0 Å². The van der Waals surface area contributed by atoms with Crippen molar-refractivity contribution in [3.8, 4) is 0 Å². The molecule has 1 amide bonds. The molecule has 0 saturated heterocycles. The van der Waals surface area contributed by atoms with E-state index in [0.29, 0.717) is 0 Å². The Labute approximate surface area is 74.0 Å². The average molecular weight is 205 g/mol. The molecule has 7 nitrogen and oxygen atoms in total. The third-order valence-corrected chi connectivity index (χ3v) is 1.57. The molecule has 0 aromatic carbocycles. The summed E-state index contributed by atoms with van der Waals surface area (Å²) in [4.78, 5) is 13.9. The van der Waals surface area contributed by atoms with Crippen LogP contribution in [0.15, 0.2) is 10.6 Å². The lowest BCUT2D eigenvalue weighted by atomic mass is 10.6. The van der Waals surface area contributed by atoms with Crippen LogP contribution in [0, 0.1) is 0 Å². The minimum Gasteiger partial charge on any atom is -0.415 e. The monoisotopic (exact) mass is 205 g/mol. The number of hydrogen-bond acceptors (Lipinski definition) is 5. The standard InChI is InChI=1S/C5H7N3O4S/c1-13(10,11)8-3-2-7-5(12-3)4(6)9/h2,8H,1H3,(H2,6,9). The number of carbonyl (C=O) groups is 1. The predicted molar refractivity (Wildman–Crippen MR) is 43.5 cm³/mol. The Morgan fingerprint density at radius 1 is 1.69 bits per heavy atom. The molecule has 0 fully saturated rings. The molecule has 1 aromatic rings. The summed E-state index contributed by atoms with van der Waals surface area (Å²) in [6.45, 7) is 0. The van der Waals surface area contributed by atoms with Gasteiger partial charge in [-0.15, -0.1) is 0 Å². The van der Waals surface area contributed by atoms with E-state index in [-0.39, 0.29) is 11.8 Å². The highest BCUT2D eigenvalue weighted by Crippen LogP contribution is 2.09. The van der Waals surface area contributed by atoms with Crippen molar-refractivity contribution in [3.05, 3.63) is 12.1 Å². The molecular weight excluding hydrogens is 198 g/mol. The van der Waals surface area contributed by atoms with Crippen LogP contribution in [0.2, 0.25) is 0 Å². The maximum Gasteiger partial charge on any atom is 0.304 e. The normalized spacial score (nSPS) is 11.2. The molecule has 0 aliphatic heterocycles. The second-order valence-electron chi connectivity index (χ2n) is 2.27. The van der Waals surface area contributed by atoms with Crippen LogP contribution >= 0.6 is 0 Å². The van der Waals surface area contributed by atoms with E-state index in [0.717, 1.165) is 12.5 Å². The van der Waals surface area contributed by atoms with Gasteiger partial charge in [0.25, 0.3) is 5.89 Å². The summed E-state index contributed by atoms with van der Waals surface area (Å²) >= 11 is 0. The number of rotatable bonds is 3. The molecule has 3 N–H and O–H groups in total. The fraction of sp³-hybridized carbons (Fsp3) is 0.200. The highest BCUT2D eigenvalue weighted by molar-refractivity contribution is 7.91. The Bertz CT molecular complexity index is 421. The molecule has 72 valence electrons. The smallest absolute Gasteiger partial charge is 0.304 e. The van der Waals surface area contributed by atoms with E-state index >= 15 is 0 Å². The number of aromatic nitrogens is 1. The van der Waals surface area contributed by atoms with Crippen molar-refractivity contribution in [2.75, 3.05) is 11.0 Å². The van der Waals surface area contributed by atoms with Gasteiger partial charge >= 0.3 is 5.91 Å². The minimum absolute atomic E-state index is 0.142. The van der Waals surface area contributed by atoms with Crippen molar-refractivity contribution in [3.63, 3.8) is 0 Å². The lowest BCUT2D eigenvalue weighted by Crippen LogP contribution is -2.11. The second kappa shape index (κ2) is 3.05. The third-order valence-electron chi connectivity index (χ3n) is 1.00. The summed E-state index contributed by atoms with van der Waals surface area (Å²) in [7, 11) is -3.43. The zero-order chi connectivity index (χ0) is 10.1. The van der Waals surface area contributed by atoms with E-state index in [1.54, 1.807) is 0 Å². The van der Waals surface area contributed by atoms with Gasteiger partial charge in [-0.05, 0) is 0 Å². The first-order valence-electron chi connectivity index (χ1n) is 3.12. The van der Waals surface area contributed by atoms with E-state index in [1.165, 1.54) is 0 Å². The van der Waals surface area contributed by atoms with E-state index in [9.17, 15) is 13.2 Å². The van der Waals surface area contributed by atoms with Gasteiger partial charge in [-0.25, -0.2) is 13.4 Å². The molecule has 8 heteroatoms. The molecule has 0 saturated carbocycles. The number of nitrogens with one attached hydrogen (secondary N) is 1. The van der Waals surface area contributed by atoms with E-state index in [4.69, 9.17) is 5.73 Å². The van der Waals surface area contributed by atoms with E-state index in [1.807, 2.05) is 4.72 Å². The van der Waals surface area contributed by atoms with Crippen LogP contribution in [0.5, 0.6) is 0 Å². The average Bonchev–Trinajstić information content (AvgIpc) is 2.31. The molecule has 0 spiro atoms. The van der Waals surface area contributed by atoms with Crippen molar-refractivity contribution in [2.45, 2.75) is 0 Å². The lowest BCUT2D eigenvalue weighted by molar-refractivity contribution is 0.0968. The summed E-state index contributed by atoms with van der Waals surface area (Å²) in [5.41, 5.74) is 4.82. The molecule has 0 aliphatic carbocycles. The van der Waals surface area contributed by atoms with Crippen molar-refractivity contribution in [1.82, 2.24) is 4.98 Å². The summed E-state index contributed by atoms with van der Waals surface area (Å²) in [6.07, 6.45) is 2.00. The zero-order valence-corrected chi connectivity index (χ0v) is 7.46. The Morgan fingerprint density at radius 2 is 2.31 bits per heavy atom. The van der Waals surface area contributed by atoms with Gasteiger partial charge in [0, 0.05) is 0 Å². The van der Waals surface area contributed by atoms with Gasteiger partial charge in [0.15, 0.2) is 0 Å². The van der Waals surface area contributed by atoms with Crippen LogP contribution < -0.4 is 10.5 Å². The number of oxazole rings is 1. The van der Waals surface area contributed by atoms with Crippen LogP contribution in [-0.2, 0) is 10.0 Å². The molecule has 0 atom stereocenters. The second-order valence-corrected chi connectivity index (χ2v) is 4.02. The summed E-state index contributed by atoms with van der Waals surface area (Å²) in [5.74, 6) is -1.34. The van der Waals surface area contributed by atoms with Crippen molar-refractivity contribution < 1.29 is 17.6 Å². The fourth-order valence-electron chi connectivity index (χ4n) is 0.618. The van der Waals surface area contributed by atoms with Crippen LogP contribution in [-0.4, -0.2) is 25.6 Å². The number of nitrogens with zero attached hydrogens (tertiary/aromatic N) is 1. The van der Waals surface area contributed by atoms with Crippen molar-refractivity contribution in [1.29, 1.82) is 0 Å². The molecule has 0 radical (unpaired) electrons. The Balaban J connectivity index is 2.87. The van der Waals surface area contributed by atoms with Crippen LogP contribution in [0.25, 0.3) is 0 Å². The first-order valence-corrected chi connectivity index (χ1v) is 5.01. The van der Waals surface area contributed by atoms with Crippen molar-refractivity contribution in [2.24, 2.45) is 5.73 Å². The highest BCUT2D eigenvalue weighted by atomic mass is 32.2. The van der Waals surface area contributed by atoms with Gasteiger partial charge in [0.1, 0.15) is 0 Å². The van der Waals surface area contributed by atoms with Gasteiger partial charge in [0.05, 0.1) is 12.5 Å². The Kier molecular flexibility index (Phi) is 2.24. The summed E-state index contributed by atoms with van der Waals surface area (Å²) < 4.78 is 28.0. The maximum atomic E-state index is 10.7. The van der Waals surface area contributed by atoms with Gasteiger partial charge in [0.2, 0.25) is 15.9 Å². The van der Waals surface area contributed by atoms with E-state index in [2.05, 4.69) is 9.40 Å². The number of anilines is 1. The number of amides is 1. The fourth-order valence-corrected chi connectivity index (χ4v) is 1.08. The number of hydrogen-bond donors (Lipinski definition) is 2. The summed E-state index contributed by atoms with van der Waals surface area (Å²) in [6, 6.07) is 0. The van der Waals surface area contributed by atoms with Gasteiger partial charge in [-0.3, -0.25) is 9.52 Å². The van der Waals surface area contributed by atoms with Gasteiger partial charge in [-0.1, -0.05) is 0 Å². The SMILES string of the molecule is CS(=O)(=O)Nc1cnc(C(N)=O)o1. The molecule has 0 aliphatic rings.